The van der Waals surface area contributed by atoms with Crippen molar-refractivity contribution in [2.75, 3.05) is 13.6 Å². The average Bonchev–Trinajstić information content (AvgIpc) is 2.22. The Kier molecular flexibility index (Phi) is 11.3. The molecule has 0 aromatic carbocycles. The van der Waals surface area contributed by atoms with Gasteiger partial charge in [-0.25, -0.2) is 0 Å². The van der Waals surface area contributed by atoms with E-state index < -0.39 is 0 Å². The summed E-state index contributed by atoms with van der Waals surface area (Å²) in [6.07, 6.45) is 0.938. The predicted molar refractivity (Wildman–Crippen MR) is 57.9 cm³/mol. The van der Waals surface area contributed by atoms with Crippen LogP contribution in [0.2, 0.25) is 0 Å². The SMILES string of the molecule is CC.CCN(C=O)C(=O)CC(C)NC. The zero-order chi connectivity index (χ0) is 11.6. The molecule has 0 rings (SSSR count). The maximum atomic E-state index is 11.2. The number of nitrogens with zero attached hydrogens (tertiary/aromatic N) is 1. The molecule has 14 heavy (non-hydrogen) atoms. The number of carbonyl (C=O) groups excluding carboxylic acids is 2. The van der Waals surface area contributed by atoms with Crippen molar-refractivity contribution >= 4 is 12.3 Å². The van der Waals surface area contributed by atoms with Gasteiger partial charge < -0.3 is 5.32 Å². The normalized spacial score (nSPS) is 10.9. The highest BCUT2D eigenvalue weighted by atomic mass is 16.2. The molecule has 0 bridgehead atoms. The summed E-state index contributed by atoms with van der Waals surface area (Å²) >= 11 is 0. The standard InChI is InChI=1S/C8H16N2O2.C2H6/c1-4-10(6-11)8(12)5-7(2)9-3;1-2/h6-7,9H,4-5H2,1-3H3;1-2H3. The van der Waals surface area contributed by atoms with Crippen LogP contribution in [0.3, 0.4) is 0 Å². The fourth-order valence-corrected chi connectivity index (χ4v) is 0.791. The number of amides is 2. The molecule has 0 radical (unpaired) electrons. The molecule has 0 aromatic heterocycles. The number of rotatable bonds is 5. The first-order valence-electron chi connectivity index (χ1n) is 5.07. The molecule has 0 aliphatic rings. The Morgan fingerprint density at radius 1 is 1.50 bits per heavy atom. The molecule has 0 saturated carbocycles. The van der Waals surface area contributed by atoms with Crippen molar-refractivity contribution in [2.24, 2.45) is 0 Å². The molecule has 84 valence electrons. The van der Waals surface area contributed by atoms with E-state index in [1.54, 1.807) is 14.0 Å². The number of nitrogens with one attached hydrogen (secondary N) is 1. The first-order chi connectivity index (χ1) is 6.65. The van der Waals surface area contributed by atoms with Crippen molar-refractivity contribution in [3.8, 4) is 0 Å². The van der Waals surface area contributed by atoms with Crippen LogP contribution in [0.4, 0.5) is 0 Å². The summed E-state index contributed by atoms with van der Waals surface area (Å²) in [5, 5.41) is 2.94. The Hall–Kier alpha value is -0.900. The highest BCUT2D eigenvalue weighted by molar-refractivity contribution is 5.86. The second-order valence-corrected chi connectivity index (χ2v) is 2.68. The van der Waals surface area contributed by atoms with Crippen LogP contribution in [0.15, 0.2) is 0 Å². The van der Waals surface area contributed by atoms with Gasteiger partial charge in [0.25, 0.3) is 0 Å². The number of imide groups is 1. The van der Waals surface area contributed by atoms with Gasteiger partial charge >= 0.3 is 0 Å². The van der Waals surface area contributed by atoms with Crippen LogP contribution < -0.4 is 5.32 Å². The molecule has 0 aliphatic heterocycles. The van der Waals surface area contributed by atoms with Crippen LogP contribution in [0, 0.1) is 0 Å². The molecule has 4 nitrogen and oxygen atoms in total. The fraction of sp³-hybridized carbons (Fsp3) is 0.800. The van der Waals surface area contributed by atoms with Crippen LogP contribution in [-0.2, 0) is 9.59 Å². The average molecular weight is 202 g/mol. The first kappa shape index (κ1) is 15.6. The Morgan fingerprint density at radius 2 is 2.00 bits per heavy atom. The van der Waals surface area contributed by atoms with Gasteiger partial charge in [-0.15, -0.1) is 0 Å². The lowest BCUT2D eigenvalue weighted by Crippen LogP contribution is -2.34. The topological polar surface area (TPSA) is 49.4 Å². The molecule has 2 amide bonds. The van der Waals surface area contributed by atoms with E-state index in [1.165, 1.54) is 4.90 Å². The summed E-state index contributed by atoms with van der Waals surface area (Å²) in [6.45, 7) is 8.12. The molecular weight excluding hydrogens is 180 g/mol. The predicted octanol–water partition coefficient (Wildman–Crippen LogP) is 1.02. The van der Waals surface area contributed by atoms with Gasteiger partial charge in [0, 0.05) is 19.0 Å². The van der Waals surface area contributed by atoms with Crippen molar-refractivity contribution in [1.82, 2.24) is 10.2 Å². The van der Waals surface area contributed by atoms with Gasteiger partial charge in [0.15, 0.2) is 0 Å². The third-order valence-corrected chi connectivity index (χ3v) is 1.76. The van der Waals surface area contributed by atoms with E-state index in [0.717, 1.165) is 0 Å². The summed E-state index contributed by atoms with van der Waals surface area (Å²) in [4.78, 5) is 22.7. The van der Waals surface area contributed by atoms with Gasteiger partial charge in [0.1, 0.15) is 0 Å². The lowest BCUT2D eigenvalue weighted by atomic mass is 10.2. The summed E-state index contributed by atoms with van der Waals surface area (Å²) in [7, 11) is 1.79. The smallest absolute Gasteiger partial charge is 0.230 e. The lowest BCUT2D eigenvalue weighted by Gasteiger charge is -2.15. The highest BCUT2D eigenvalue weighted by Crippen LogP contribution is 1.95. The van der Waals surface area contributed by atoms with E-state index in [1.807, 2.05) is 20.8 Å². The minimum Gasteiger partial charge on any atom is -0.317 e. The van der Waals surface area contributed by atoms with Crippen molar-refractivity contribution in [2.45, 2.75) is 40.2 Å². The van der Waals surface area contributed by atoms with Crippen LogP contribution in [-0.4, -0.2) is 36.9 Å². The molecule has 0 aromatic rings. The lowest BCUT2D eigenvalue weighted by molar-refractivity contribution is -0.138. The summed E-state index contributed by atoms with van der Waals surface area (Å²) in [6, 6.07) is 0.117. The van der Waals surface area contributed by atoms with Gasteiger partial charge in [-0.1, -0.05) is 13.8 Å². The second-order valence-electron chi connectivity index (χ2n) is 2.68. The largest absolute Gasteiger partial charge is 0.317 e. The number of hydrogen-bond acceptors (Lipinski definition) is 3. The van der Waals surface area contributed by atoms with Crippen LogP contribution in [0.1, 0.15) is 34.1 Å². The zero-order valence-electron chi connectivity index (χ0n) is 9.83. The van der Waals surface area contributed by atoms with Crippen LogP contribution >= 0.6 is 0 Å². The van der Waals surface area contributed by atoms with Crippen molar-refractivity contribution in [1.29, 1.82) is 0 Å². The summed E-state index contributed by atoms with van der Waals surface area (Å²) in [5.74, 6) is -0.130. The molecule has 0 aliphatic carbocycles. The van der Waals surface area contributed by atoms with E-state index >= 15 is 0 Å². The minimum absolute atomic E-state index is 0.117. The zero-order valence-corrected chi connectivity index (χ0v) is 9.83. The van der Waals surface area contributed by atoms with E-state index in [2.05, 4.69) is 5.32 Å². The van der Waals surface area contributed by atoms with Crippen LogP contribution in [0.5, 0.6) is 0 Å². The van der Waals surface area contributed by atoms with Crippen molar-refractivity contribution < 1.29 is 9.59 Å². The molecule has 0 fully saturated rings. The summed E-state index contributed by atoms with van der Waals surface area (Å²) < 4.78 is 0. The highest BCUT2D eigenvalue weighted by Gasteiger charge is 2.12. The molecule has 0 spiro atoms. The maximum Gasteiger partial charge on any atom is 0.230 e. The van der Waals surface area contributed by atoms with Crippen molar-refractivity contribution in [3.63, 3.8) is 0 Å². The Labute approximate surface area is 86.7 Å². The molecule has 0 heterocycles. The second kappa shape index (κ2) is 10.2. The van der Waals surface area contributed by atoms with E-state index in [9.17, 15) is 9.59 Å². The molecule has 4 heteroatoms. The molecule has 1 unspecified atom stereocenters. The van der Waals surface area contributed by atoms with Gasteiger partial charge in [-0.05, 0) is 20.9 Å². The van der Waals surface area contributed by atoms with E-state index in [4.69, 9.17) is 0 Å². The summed E-state index contributed by atoms with van der Waals surface area (Å²) in [5.41, 5.74) is 0. The van der Waals surface area contributed by atoms with Gasteiger partial charge in [-0.3, -0.25) is 14.5 Å². The van der Waals surface area contributed by atoms with Gasteiger partial charge in [-0.2, -0.15) is 0 Å². The van der Waals surface area contributed by atoms with Crippen molar-refractivity contribution in [3.05, 3.63) is 0 Å². The monoisotopic (exact) mass is 202 g/mol. The van der Waals surface area contributed by atoms with Crippen LogP contribution in [0.25, 0.3) is 0 Å². The molecule has 0 saturated heterocycles. The van der Waals surface area contributed by atoms with E-state index in [-0.39, 0.29) is 11.9 Å². The third-order valence-electron chi connectivity index (χ3n) is 1.76. The maximum absolute atomic E-state index is 11.2. The third kappa shape index (κ3) is 6.60. The molecular formula is C10H22N2O2. The number of carbonyl (C=O) groups is 2. The fourth-order valence-electron chi connectivity index (χ4n) is 0.791. The Morgan fingerprint density at radius 3 is 2.29 bits per heavy atom. The molecule has 1 N–H and O–H groups in total. The quantitative estimate of drug-likeness (QED) is 0.677. The Balaban J connectivity index is 0. The van der Waals surface area contributed by atoms with E-state index in [0.29, 0.717) is 19.4 Å². The number of hydrogen-bond donors (Lipinski definition) is 1. The molecule has 1 atom stereocenters. The minimum atomic E-state index is -0.130. The first-order valence-corrected chi connectivity index (χ1v) is 5.07. The Bertz CT molecular complexity index is 160. The van der Waals surface area contributed by atoms with Gasteiger partial charge in [0.05, 0.1) is 0 Å². The van der Waals surface area contributed by atoms with Gasteiger partial charge in [0.2, 0.25) is 12.3 Å².